The van der Waals surface area contributed by atoms with E-state index < -0.39 is 44.2 Å². The van der Waals surface area contributed by atoms with Gasteiger partial charge in [-0.1, -0.05) is 35.9 Å². The fourth-order valence-electron chi connectivity index (χ4n) is 6.77. The Hall–Kier alpha value is -5.21. The molecule has 0 spiro atoms. The summed E-state index contributed by atoms with van der Waals surface area (Å²) in [6, 6.07) is 18.8. The molecule has 0 radical (unpaired) electrons. The van der Waals surface area contributed by atoms with E-state index >= 15 is 13.2 Å². The van der Waals surface area contributed by atoms with Crippen molar-refractivity contribution in [3.05, 3.63) is 125 Å². The van der Waals surface area contributed by atoms with Crippen LogP contribution in [0, 0.1) is 24.4 Å². The molecule has 0 N–H and O–H groups in total. The Morgan fingerprint density at radius 3 is 2.54 bits per heavy atom. The summed E-state index contributed by atoms with van der Waals surface area (Å²) in [7, 11) is -4.27. The Morgan fingerprint density at radius 2 is 1.80 bits per heavy atom. The minimum atomic E-state index is -4.27. The van der Waals surface area contributed by atoms with E-state index in [1.165, 1.54) is 41.2 Å². The molecule has 0 fully saturated rings. The number of aromatic nitrogens is 3. The molecular formula is C40H36F3N3O6S2. The van der Waals surface area contributed by atoms with Crippen molar-refractivity contribution in [2.24, 2.45) is 0 Å². The SMILES string of the molecule is CCOC(=O)CCc1cccc2c1OCCC2(C)c1ccn(-c2cc(Oc3c(F)c(F)c4c(ccn4S(=O)(=O)c4ccc(C)cc4)c3SC)ccc2F)n1. The Bertz CT molecular complexity index is 2520. The number of hydrogen-bond donors (Lipinski definition) is 0. The van der Waals surface area contributed by atoms with Crippen molar-refractivity contribution in [3.8, 4) is 22.9 Å². The maximum Gasteiger partial charge on any atom is 0.306 e. The summed E-state index contributed by atoms with van der Waals surface area (Å²) in [6.07, 6.45) is 5.66. The van der Waals surface area contributed by atoms with E-state index in [0.29, 0.717) is 37.5 Å². The van der Waals surface area contributed by atoms with Crippen molar-refractivity contribution < 1.29 is 40.6 Å². The summed E-state index contributed by atoms with van der Waals surface area (Å²) in [5, 5.41) is 4.89. The number of esters is 1. The highest BCUT2D eigenvalue weighted by Gasteiger charge is 2.38. The van der Waals surface area contributed by atoms with Gasteiger partial charge in [0.15, 0.2) is 11.6 Å². The molecule has 1 unspecified atom stereocenters. The summed E-state index contributed by atoms with van der Waals surface area (Å²) in [5.41, 5.74) is 2.17. The quantitative estimate of drug-likeness (QED) is 0.0951. The van der Waals surface area contributed by atoms with E-state index in [9.17, 15) is 13.2 Å². The normalized spacial score (nSPS) is 15.5. The minimum absolute atomic E-state index is 0.000763. The number of halogens is 3. The lowest BCUT2D eigenvalue weighted by atomic mass is 9.74. The van der Waals surface area contributed by atoms with Crippen LogP contribution in [0.25, 0.3) is 16.6 Å². The third-order valence-corrected chi connectivity index (χ3v) is 12.2. The molecule has 3 heterocycles. The number of thioether (sulfide) groups is 1. The highest BCUT2D eigenvalue weighted by molar-refractivity contribution is 7.99. The number of nitrogens with zero attached hydrogens (tertiary/aromatic N) is 3. The number of hydrogen-bond acceptors (Lipinski definition) is 8. The van der Waals surface area contributed by atoms with Gasteiger partial charge in [0.2, 0.25) is 5.82 Å². The van der Waals surface area contributed by atoms with Crippen LogP contribution in [0.4, 0.5) is 13.2 Å². The van der Waals surface area contributed by atoms with Gasteiger partial charge in [-0.3, -0.25) is 4.79 Å². The van der Waals surface area contributed by atoms with Gasteiger partial charge in [0.25, 0.3) is 10.0 Å². The first-order valence-electron chi connectivity index (χ1n) is 17.2. The zero-order chi connectivity index (χ0) is 38.4. The number of rotatable bonds is 11. The first-order valence-corrected chi connectivity index (χ1v) is 19.9. The average molecular weight is 776 g/mol. The fourth-order valence-corrected chi connectivity index (χ4v) is 8.82. The second kappa shape index (κ2) is 14.6. The first-order chi connectivity index (χ1) is 25.9. The summed E-state index contributed by atoms with van der Waals surface area (Å²) < 4.78 is 93.5. The molecule has 1 aliphatic rings. The zero-order valence-corrected chi connectivity index (χ0v) is 31.5. The molecule has 0 aliphatic carbocycles. The smallest absolute Gasteiger partial charge is 0.306 e. The molecule has 54 heavy (non-hydrogen) atoms. The van der Waals surface area contributed by atoms with Crippen molar-refractivity contribution in [3.63, 3.8) is 0 Å². The van der Waals surface area contributed by atoms with E-state index in [0.717, 1.165) is 38.5 Å². The van der Waals surface area contributed by atoms with Crippen molar-refractivity contribution in [1.82, 2.24) is 13.8 Å². The van der Waals surface area contributed by atoms with Crippen LogP contribution in [0.1, 0.15) is 49.1 Å². The van der Waals surface area contributed by atoms with Crippen LogP contribution in [0.15, 0.2) is 95.0 Å². The number of aryl methyl sites for hydroxylation is 2. The Kier molecular flexibility index (Phi) is 10.0. The second-order valence-corrected chi connectivity index (χ2v) is 15.7. The van der Waals surface area contributed by atoms with E-state index in [1.807, 2.05) is 25.1 Å². The second-order valence-electron chi connectivity index (χ2n) is 13.1. The van der Waals surface area contributed by atoms with E-state index in [-0.39, 0.29) is 39.0 Å². The molecule has 0 saturated carbocycles. The molecule has 1 aliphatic heterocycles. The minimum Gasteiger partial charge on any atom is -0.493 e. The highest BCUT2D eigenvalue weighted by atomic mass is 32.2. The number of ether oxygens (including phenoxy) is 3. The molecule has 2 aromatic heterocycles. The highest BCUT2D eigenvalue weighted by Crippen LogP contribution is 2.46. The molecule has 7 rings (SSSR count). The van der Waals surface area contributed by atoms with Crippen LogP contribution < -0.4 is 9.47 Å². The van der Waals surface area contributed by atoms with Crippen molar-refractivity contribution in [2.75, 3.05) is 19.5 Å². The molecule has 280 valence electrons. The summed E-state index contributed by atoms with van der Waals surface area (Å²) >= 11 is 1.05. The van der Waals surface area contributed by atoms with Crippen LogP contribution >= 0.6 is 11.8 Å². The zero-order valence-electron chi connectivity index (χ0n) is 29.9. The van der Waals surface area contributed by atoms with Crippen LogP contribution in [-0.4, -0.2) is 47.6 Å². The molecular weight excluding hydrogens is 740 g/mol. The summed E-state index contributed by atoms with van der Waals surface area (Å²) in [4.78, 5) is 12.1. The molecule has 9 nitrogen and oxygen atoms in total. The average Bonchev–Trinajstić information content (AvgIpc) is 3.84. The standard InChI is InChI=1S/C40H36F3N3O6S2/c1-5-50-33(47)16-11-25-7-6-8-29-37(25)51-22-19-40(29,3)32-18-20-45(44-32)31-23-26(12-15-30(31)41)52-38-35(43)34(42)36-28(39(38)53-4)17-21-46(36)54(48,49)27-13-9-24(2)10-14-27/h6-10,12-15,17-18,20-21,23H,5,11,16,19,22H2,1-4H3. The largest absolute Gasteiger partial charge is 0.493 e. The number of fused-ring (bicyclic) bond motifs is 2. The predicted molar refractivity (Wildman–Crippen MR) is 199 cm³/mol. The first kappa shape index (κ1) is 37.1. The van der Waals surface area contributed by atoms with Crippen molar-refractivity contribution in [1.29, 1.82) is 0 Å². The summed E-state index contributed by atoms with van der Waals surface area (Å²) in [5.74, 6) is -3.52. The third-order valence-electron chi connectivity index (χ3n) is 9.67. The van der Waals surface area contributed by atoms with Gasteiger partial charge in [-0.25, -0.2) is 25.9 Å². The molecule has 0 amide bonds. The molecule has 6 aromatic rings. The Labute approximate surface area is 314 Å². The topological polar surface area (TPSA) is 102 Å². The third kappa shape index (κ3) is 6.51. The lowest BCUT2D eigenvalue weighted by Gasteiger charge is -2.35. The van der Waals surface area contributed by atoms with Gasteiger partial charge in [-0.2, -0.15) is 9.49 Å². The van der Waals surface area contributed by atoms with Gasteiger partial charge in [0.05, 0.1) is 28.7 Å². The van der Waals surface area contributed by atoms with Crippen LogP contribution in [0.5, 0.6) is 17.2 Å². The molecule has 0 saturated heterocycles. The van der Waals surface area contributed by atoms with Gasteiger partial charge in [0.1, 0.15) is 28.5 Å². The monoisotopic (exact) mass is 775 g/mol. The van der Waals surface area contributed by atoms with Gasteiger partial charge in [0, 0.05) is 41.2 Å². The van der Waals surface area contributed by atoms with Gasteiger partial charge in [-0.15, -0.1) is 11.8 Å². The number of para-hydroxylation sites is 1. The Morgan fingerprint density at radius 1 is 1.02 bits per heavy atom. The Balaban J connectivity index is 1.21. The molecule has 4 aromatic carbocycles. The number of carbonyl (C=O) groups excluding carboxylic acids is 1. The molecule has 14 heteroatoms. The number of carbonyl (C=O) groups is 1. The van der Waals surface area contributed by atoms with Gasteiger partial charge >= 0.3 is 5.97 Å². The van der Waals surface area contributed by atoms with Gasteiger partial charge in [-0.05, 0) is 81.8 Å². The van der Waals surface area contributed by atoms with E-state index in [4.69, 9.17) is 19.3 Å². The number of benzene rings is 4. The van der Waals surface area contributed by atoms with E-state index in [2.05, 4.69) is 0 Å². The van der Waals surface area contributed by atoms with Gasteiger partial charge < -0.3 is 14.2 Å². The maximum absolute atomic E-state index is 15.9. The molecule has 1 atom stereocenters. The van der Waals surface area contributed by atoms with Crippen molar-refractivity contribution >= 4 is 38.7 Å². The van der Waals surface area contributed by atoms with Crippen molar-refractivity contribution in [2.45, 2.75) is 55.2 Å². The predicted octanol–water partition coefficient (Wildman–Crippen LogP) is 8.89. The lowest BCUT2D eigenvalue weighted by molar-refractivity contribution is -0.143. The fraction of sp³-hybridized carbons (Fsp3) is 0.250. The maximum atomic E-state index is 15.9. The van der Waals surface area contributed by atoms with E-state index in [1.54, 1.807) is 44.5 Å². The molecule has 0 bridgehead atoms. The lowest BCUT2D eigenvalue weighted by Crippen LogP contribution is -2.32. The summed E-state index contributed by atoms with van der Waals surface area (Å²) in [6.45, 7) is 6.30. The van der Waals surface area contributed by atoms with Crippen LogP contribution in [0.3, 0.4) is 0 Å². The van der Waals surface area contributed by atoms with Crippen LogP contribution in [0.2, 0.25) is 0 Å². The van der Waals surface area contributed by atoms with Crippen LogP contribution in [-0.2, 0) is 31.4 Å².